The van der Waals surface area contributed by atoms with Gasteiger partial charge in [0.15, 0.2) is 0 Å². The Balaban J connectivity index is 1.28. The third-order valence-corrected chi connectivity index (χ3v) is 9.97. The van der Waals surface area contributed by atoms with E-state index >= 15 is 0 Å². The molecule has 0 aliphatic carbocycles. The minimum absolute atomic E-state index is 0.111. The van der Waals surface area contributed by atoms with Gasteiger partial charge >= 0.3 is 12.2 Å². The standard InChI is InChI=1S/C32H44N8O6S/c1-17(2)25(37-31(43)45-5)29(41)39-13-7-9-21(39)27-33-15-19(35-27)23-11-12-24(47-23)20-16-34-28(36-20)22-10-8-14-40(22)30(42)26(18(3)4)38-32(44)46-6/h11-12,15-18,21-22,25-26H,7-10,13-14H2,1-6H3,(H,33,35)(H,34,36)(H,37,43)(H,38,44)/t21-,22-,25-,26-/m0/s1. The fourth-order valence-electron chi connectivity index (χ4n) is 6.28. The monoisotopic (exact) mass is 668 g/mol. The van der Waals surface area contributed by atoms with Crippen molar-refractivity contribution in [2.45, 2.75) is 77.5 Å². The maximum Gasteiger partial charge on any atom is 0.407 e. The maximum atomic E-state index is 13.5. The average Bonchev–Trinajstić information content (AvgIpc) is 3.89. The number of rotatable bonds is 10. The first-order valence-electron chi connectivity index (χ1n) is 16.0. The van der Waals surface area contributed by atoms with Crippen molar-refractivity contribution in [1.82, 2.24) is 40.4 Å². The molecule has 4 atom stereocenters. The fraction of sp³-hybridized carbons (Fsp3) is 0.562. The molecule has 2 fully saturated rings. The number of alkyl carbamates (subject to hydrolysis) is 2. The number of carbonyl (C=O) groups is 4. The highest BCUT2D eigenvalue weighted by molar-refractivity contribution is 7.18. The predicted molar refractivity (Wildman–Crippen MR) is 175 cm³/mol. The number of nitrogens with zero attached hydrogens (tertiary/aromatic N) is 4. The molecule has 2 aliphatic rings. The molecule has 0 spiro atoms. The van der Waals surface area contributed by atoms with E-state index in [1.54, 1.807) is 33.5 Å². The lowest BCUT2D eigenvalue weighted by molar-refractivity contribution is -0.136. The zero-order chi connectivity index (χ0) is 33.8. The van der Waals surface area contributed by atoms with Crippen LogP contribution in [0.5, 0.6) is 0 Å². The van der Waals surface area contributed by atoms with Crippen LogP contribution >= 0.6 is 11.3 Å². The number of carbonyl (C=O) groups excluding carboxylic acids is 4. The first-order valence-corrected chi connectivity index (χ1v) is 16.8. The van der Waals surface area contributed by atoms with Gasteiger partial charge in [0.1, 0.15) is 23.7 Å². The SMILES string of the molecule is COC(=O)N[C@H](C(=O)N1CCC[C@H]1c1ncc(-c2ccc(-c3cnc([C@@H]4CCCN4C(=O)[C@@H](NC(=O)OC)C(C)C)[nH]3)s2)[nH]1)C(C)C. The molecule has 0 unspecified atom stereocenters. The van der Waals surface area contributed by atoms with Crippen molar-refractivity contribution < 1.29 is 28.7 Å². The van der Waals surface area contributed by atoms with Crippen molar-refractivity contribution in [3.05, 3.63) is 36.2 Å². The number of ether oxygens (including phenoxy) is 2. The van der Waals surface area contributed by atoms with Crippen LogP contribution in [-0.4, -0.2) is 93.1 Å². The molecule has 0 bridgehead atoms. The van der Waals surface area contributed by atoms with Crippen molar-refractivity contribution in [2.24, 2.45) is 11.8 Å². The Morgan fingerprint density at radius 2 is 1.17 bits per heavy atom. The molecule has 14 nitrogen and oxygen atoms in total. The van der Waals surface area contributed by atoms with Gasteiger partial charge in [-0.25, -0.2) is 19.6 Å². The van der Waals surface area contributed by atoms with Gasteiger partial charge in [0.25, 0.3) is 0 Å². The highest BCUT2D eigenvalue weighted by atomic mass is 32.1. The highest BCUT2D eigenvalue weighted by Crippen LogP contribution is 2.38. The third-order valence-electron chi connectivity index (χ3n) is 8.81. The summed E-state index contributed by atoms with van der Waals surface area (Å²) in [5.41, 5.74) is 1.68. The number of hydrogen-bond donors (Lipinski definition) is 4. The van der Waals surface area contributed by atoms with Gasteiger partial charge in [0, 0.05) is 13.1 Å². The van der Waals surface area contributed by atoms with Crippen LogP contribution < -0.4 is 10.6 Å². The molecule has 4 N–H and O–H groups in total. The summed E-state index contributed by atoms with van der Waals surface area (Å²) in [6.45, 7) is 8.73. The molecule has 0 aromatic carbocycles. The normalized spacial score (nSPS) is 19.2. The third kappa shape index (κ3) is 7.29. The van der Waals surface area contributed by atoms with Crippen molar-refractivity contribution in [2.75, 3.05) is 27.3 Å². The first kappa shape index (κ1) is 33.9. The van der Waals surface area contributed by atoms with Crippen LogP contribution in [0.3, 0.4) is 0 Å². The summed E-state index contributed by atoms with van der Waals surface area (Å²) in [6.07, 6.45) is 5.52. The highest BCUT2D eigenvalue weighted by Gasteiger charge is 2.39. The van der Waals surface area contributed by atoms with Crippen LogP contribution in [0.15, 0.2) is 24.5 Å². The summed E-state index contributed by atoms with van der Waals surface area (Å²) in [6, 6.07) is 2.20. The number of methoxy groups -OCH3 is 2. The lowest BCUT2D eigenvalue weighted by atomic mass is 10.0. The topological polar surface area (TPSA) is 175 Å². The van der Waals surface area contributed by atoms with Crippen molar-refractivity contribution in [3.63, 3.8) is 0 Å². The van der Waals surface area contributed by atoms with Gasteiger partial charge in [-0.15, -0.1) is 11.3 Å². The Morgan fingerprint density at radius 1 is 0.766 bits per heavy atom. The molecule has 4 amide bonds. The maximum absolute atomic E-state index is 13.5. The molecular weight excluding hydrogens is 624 g/mol. The van der Waals surface area contributed by atoms with Crippen LogP contribution in [0.4, 0.5) is 9.59 Å². The van der Waals surface area contributed by atoms with E-state index in [1.807, 2.05) is 39.8 Å². The zero-order valence-electron chi connectivity index (χ0n) is 27.7. The molecule has 15 heteroatoms. The van der Waals surface area contributed by atoms with E-state index in [-0.39, 0.29) is 35.7 Å². The molecular formula is C32H44N8O6S. The smallest absolute Gasteiger partial charge is 0.407 e. The summed E-state index contributed by atoms with van der Waals surface area (Å²) in [7, 11) is 2.56. The second kappa shape index (κ2) is 14.6. The van der Waals surface area contributed by atoms with E-state index in [0.29, 0.717) is 24.7 Å². The number of amides is 4. The quantitative estimate of drug-likeness (QED) is 0.242. The van der Waals surface area contributed by atoms with Crippen LogP contribution in [0, 0.1) is 11.8 Å². The zero-order valence-corrected chi connectivity index (χ0v) is 28.5. The predicted octanol–water partition coefficient (Wildman–Crippen LogP) is 4.62. The second-order valence-electron chi connectivity index (χ2n) is 12.6. The largest absolute Gasteiger partial charge is 0.453 e. The van der Waals surface area contributed by atoms with E-state index in [9.17, 15) is 19.2 Å². The summed E-state index contributed by atoms with van der Waals surface area (Å²) >= 11 is 1.57. The molecule has 2 aliphatic heterocycles. The van der Waals surface area contributed by atoms with Crippen LogP contribution in [-0.2, 0) is 19.1 Å². The number of hydrogen-bond acceptors (Lipinski definition) is 9. The summed E-state index contributed by atoms with van der Waals surface area (Å²) < 4.78 is 9.48. The Morgan fingerprint density at radius 3 is 1.53 bits per heavy atom. The molecule has 254 valence electrons. The van der Waals surface area contributed by atoms with Gasteiger partial charge in [-0.1, -0.05) is 27.7 Å². The molecule has 2 saturated heterocycles. The van der Waals surface area contributed by atoms with Gasteiger partial charge in [-0.05, 0) is 49.7 Å². The minimum Gasteiger partial charge on any atom is -0.453 e. The van der Waals surface area contributed by atoms with E-state index in [4.69, 9.17) is 9.47 Å². The lowest BCUT2D eigenvalue weighted by Gasteiger charge is -2.30. The second-order valence-corrected chi connectivity index (χ2v) is 13.7. The number of aromatic nitrogens is 4. The van der Waals surface area contributed by atoms with E-state index < -0.39 is 24.3 Å². The van der Waals surface area contributed by atoms with E-state index in [0.717, 1.165) is 46.8 Å². The summed E-state index contributed by atoms with van der Waals surface area (Å²) in [5.74, 6) is 0.887. The summed E-state index contributed by atoms with van der Waals surface area (Å²) in [4.78, 5) is 72.5. The Labute approximate surface area is 278 Å². The van der Waals surface area contributed by atoms with Crippen molar-refractivity contribution in [1.29, 1.82) is 0 Å². The van der Waals surface area contributed by atoms with Crippen molar-refractivity contribution >= 4 is 35.3 Å². The number of imidazole rings is 2. The molecule has 47 heavy (non-hydrogen) atoms. The van der Waals surface area contributed by atoms with Crippen LogP contribution in [0.25, 0.3) is 21.1 Å². The molecule has 0 saturated carbocycles. The average molecular weight is 669 g/mol. The summed E-state index contributed by atoms with van der Waals surface area (Å²) in [5, 5.41) is 5.36. The molecule has 0 radical (unpaired) electrons. The number of likely N-dealkylation sites (tertiary alicyclic amines) is 2. The fourth-order valence-corrected chi connectivity index (χ4v) is 7.21. The number of nitrogens with one attached hydrogen (secondary N) is 4. The molecule has 3 aromatic rings. The molecule has 5 rings (SSSR count). The van der Waals surface area contributed by atoms with Crippen molar-refractivity contribution in [3.8, 4) is 21.1 Å². The number of H-pyrrole nitrogens is 2. The van der Waals surface area contributed by atoms with E-state index in [1.165, 1.54) is 14.2 Å². The van der Waals surface area contributed by atoms with Gasteiger partial charge in [0.2, 0.25) is 11.8 Å². The van der Waals surface area contributed by atoms with E-state index in [2.05, 4.69) is 30.6 Å². The first-order chi connectivity index (χ1) is 22.5. The van der Waals surface area contributed by atoms with Gasteiger partial charge < -0.3 is 39.9 Å². The Bertz CT molecular complexity index is 1470. The van der Waals surface area contributed by atoms with Gasteiger partial charge in [-0.2, -0.15) is 0 Å². The number of thiophene rings is 1. The van der Waals surface area contributed by atoms with Crippen LogP contribution in [0.2, 0.25) is 0 Å². The number of aromatic amines is 2. The molecule has 5 heterocycles. The lowest BCUT2D eigenvalue weighted by Crippen LogP contribution is -2.51. The van der Waals surface area contributed by atoms with Gasteiger partial charge in [-0.3, -0.25) is 9.59 Å². The van der Waals surface area contributed by atoms with Crippen LogP contribution in [0.1, 0.15) is 77.1 Å². The minimum atomic E-state index is -0.695. The Hall–Kier alpha value is -4.40. The molecule has 3 aromatic heterocycles. The van der Waals surface area contributed by atoms with Gasteiger partial charge in [0.05, 0.1) is 59.8 Å². The Kier molecular flexibility index (Phi) is 10.5.